The van der Waals surface area contributed by atoms with Gasteiger partial charge in [-0.15, -0.1) is 0 Å². The molecular formula is C17H29N3O5S. The van der Waals surface area contributed by atoms with Gasteiger partial charge in [-0.1, -0.05) is 0 Å². The van der Waals surface area contributed by atoms with Gasteiger partial charge in [0.15, 0.2) is 5.96 Å². The molecule has 9 heteroatoms. The molecule has 0 spiro atoms. The fraction of sp³-hybridized carbons (Fsp3) is 0.588. The van der Waals surface area contributed by atoms with Crippen molar-refractivity contribution in [2.75, 3.05) is 60.1 Å². The van der Waals surface area contributed by atoms with Crippen molar-refractivity contribution in [2.24, 2.45) is 4.99 Å². The first kappa shape index (κ1) is 22.0. The second kappa shape index (κ2) is 10.9. The minimum absolute atomic E-state index is 0.0267. The van der Waals surface area contributed by atoms with Crippen LogP contribution < -0.4 is 14.8 Å². The molecule has 0 aliphatic heterocycles. The Morgan fingerprint density at radius 1 is 1.23 bits per heavy atom. The first-order chi connectivity index (χ1) is 12.3. The molecule has 0 aliphatic carbocycles. The predicted octanol–water partition coefficient (Wildman–Crippen LogP) is 0.772. The molecule has 0 saturated heterocycles. The van der Waals surface area contributed by atoms with Crippen LogP contribution in [-0.4, -0.2) is 79.4 Å². The van der Waals surface area contributed by atoms with E-state index in [-0.39, 0.29) is 12.4 Å². The minimum Gasteiger partial charge on any atom is -0.497 e. The van der Waals surface area contributed by atoms with Crippen LogP contribution in [0.15, 0.2) is 23.2 Å². The molecule has 1 N–H and O–H groups in total. The molecule has 0 fully saturated rings. The van der Waals surface area contributed by atoms with Crippen molar-refractivity contribution < 1.29 is 22.6 Å². The summed E-state index contributed by atoms with van der Waals surface area (Å²) in [5.74, 6) is 2.21. The number of aliphatic imine (C=N–C) groups is 1. The molecule has 0 radical (unpaired) electrons. The Bertz CT molecular complexity index is 692. The molecule has 148 valence electrons. The lowest BCUT2D eigenvalue weighted by Gasteiger charge is -2.23. The summed E-state index contributed by atoms with van der Waals surface area (Å²) in [4.78, 5) is 6.20. The number of methoxy groups -OCH3 is 2. The standard InChI is InChI=1S/C17H29N3O5S/c1-18-17(19-8-9-25-10-11-26(5,21)22)20(2)13-14-6-7-15(23-3)12-16(14)24-4/h6-7,12H,8-11,13H2,1-5H3,(H,18,19). The van der Waals surface area contributed by atoms with Gasteiger partial charge in [0.2, 0.25) is 0 Å². The average molecular weight is 388 g/mol. The predicted molar refractivity (Wildman–Crippen MR) is 103 cm³/mol. The number of sulfone groups is 1. The molecule has 0 amide bonds. The summed E-state index contributed by atoms with van der Waals surface area (Å²) in [5.41, 5.74) is 1.00. The maximum absolute atomic E-state index is 11.0. The van der Waals surface area contributed by atoms with Gasteiger partial charge < -0.3 is 24.4 Å². The van der Waals surface area contributed by atoms with E-state index in [1.807, 2.05) is 30.1 Å². The molecule has 26 heavy (non-hydrogen) atoms. The SMILES string of the molecule is CN=C(NCCOCCS(C)(=O)=O)N(C)Cc1ccc(OC)cc1OC. The second-order valence-corrected chi connectivity index (χ2v) is 8.01. The van der Waals surface area contributed by atoms with E-state index >= 15 is 0 Å². The zero-order valence-electron chi connectivity index (χ0n) is 16.1. The van der Waals surface area contributed by atoms with Crippen LogP contribution in [-0.2, 0) is 21.1 Å². The quantitative estimate of drug-likeness (QED) is 0.360. The van der Waals surface area contributed by atoms with E-state index in [9.17, 15) is 8.42 Å². The number of benzene rings is 1. The fourth-order valence-electron chi connectivity index (χ4n) is 2.24. The lowest BCUT2D eigenvalue weighted by Crippen LogP contribution is -2.40. The molecule has 1 aromatic rings. The van der Waals surface area contributed by atoms with Crippen molar-refractivity contribution in [3.63, 3.8) is 0 Å². The van der Waals surface area contributed by atoms with E-state index < -0.39 is 9.84 Å². The normalized spacial score (nSPS) is 12.0. The van der Waals surface area contributed by atoms with Gasteiger partial charge in [0.1, 0.15) is 21.3 Å². The maximum atomic E-state index is 11.0. The average Bonchev–Trinajstić information content (AvgIpc) is 2.60. The van der Waals surface area contributed by atoms with Crippen molar-refractivity contribution in [2.45, 2.75) is 6.54 Å². The highest BCUT2D eigenvalue weighted by molar-refractivity contribution is 7.90. The summed E-state index contributed by atoms with van der Waals surface area (Å²) in [6.07, 6.45) is 1.19. The van der Waals surface area contributed by atoms with Crippen LogP contribution in [0.1, 0.15) is 5.56 Å². The third kappa shape index (κ3) is 7.92. The van der Waals surface area contributed by atoms with Crippen LogP contribution in [0, 0.1) is 0 Å². The number of hydrogen-bond donors (Lipinski definition) is 1. The van der Waals surface area contributed by atoms with Crippen LogP contribution in [0.25, 0.3) is 0 Å². The minimum atomic E-state index is -2.99. The van der Waals surface area contributed by atoms with E-state index in [0.29, 0.717) is 25.7 Å². The molecule has 0 aliphatic rings. The summed E-state index contributed by atoms with van der Waals surface area (Å²) in [5, 5.41) is 3.18. The fourth-order valence-corrected chi connectivity index (χ4v) is 2.67. The van der Waals surface area contributed by atoms with E-state index in [1.165, 1.54) is 6.26 Å². The van der Waals surface area contributed by atoms with E-state index in [0.717, 1.165) is 17.1 Å². The van der Waals surface area contributed by atoms with Gasteiger partial charge >= 0.3 is 0 Å². The Hall–Kier alpha value is -2.00. The van der Waals surface area contributed by atoms with Gasteiger partial charge in [-0.05, 0) is 12.1 Å². The third-order valence-corrected chi connectivity index (χ3v) is 4.51. The van der Waals surface area contributed by atoms with Gasteiger partial charge in [-0.2, -0.15) is 0 Å². The summed E-state index contributed by atoms with van der Waals surface area (Å²) in [6, 6.07) is 5.68. The summed E-state index contributed by atoms with van der Waals surface area (Å²) >= 11 is 0. The second-order valence-electron chi connectivity index (χ2n) is 5.75. The summed E-state index contributed by atoms with van der Waals surface area (Å²) < 4.78 is 38.0. The molecule has 0 saturated carbocycles. The molecule has 1 rings (SSSR count). The highest BCUT2D eigenvalue weighted by Crippen LogP contribution is 2.25. The first-order valence-electron chi connectivity index (χ1n) is 8.19. The molecule has 0 aromatic heterocycles. The van der Waals surface area contributed by atoms with Gasteiger partial charge in [-0.3, -0.25) is 4.99 Å². The van der Waals surface area contributed by atoms with Crippen molar-refractivity contribution in [3.8, 4) is 11.5 Å². The molecule has 1 aromatic carbocycles. The molecule has 0 atom stereocenters. The summed E-state index contributed by atoms with van der Waals surface area (Å²) in [6.45, 7) is 1.72. The number of guanidine groups is 1. The smallest absolute Gasteiger partial charge is 0.193 e. The van der Waals surface area contributed by atoms with E-state index in [1.54, 1.807) is 21.3 Å². The number of hydrogen-bond acceptors (Lipinski definition) is 6. The van der Waals surface area contributed by atoms with Crippen LogP contribution >= 0.6 is 0 Å². The van der Waals surface area contributed by atoms with Crippen molar-refractivity contribution >= 4 is 15.8 Å². The lowest BCUT2D eigenvalue weighted by molar-refractivity contribution is 0.153. The Balaban J connectivity index is 2.50. The monoisotopic (exact) mass is 387 g/mol. The Morgan fingerprint density at radius 2 is 1.96 bits per heavy atom. The number of nitrogens with zero attached hydrogens (tertiary/aromatic N) is 2. The third-order valence-electron chi connectivity index (χ3n) is 3.60. The Morgan fingerprint density at radius 3 is 2.54 bits per heavy atom. The lowest BCUT2D eigenvalue weighted by atomic mass is 10.2. The molecular weight excluding hydrogens is 358 g/mol. The van der Waals surface area contributed by atoms with Gasteiger partial charge in [-0.25, -0.2) is 8.42 Å². The topological polar surface area (TPSA) is 89.5 Å². The largest absolute Gasteiger partial charge is 0.497 e. The zero-order valence-corrected chi connectivity index (χ0v) is 16.9. The van der Waals surface area contributed by atoms with Gasteiger partial charge in [0.25, 0.3) is 0 Å². The van der Waals surface area contributed by atoms with Crippen LogP contribution in [0.5, 0.6) is 11.5 Å². The zero-order chi connectivity index (χ0) is 19.6. The van der Waals surface area contributed by atoms with Crippen LogP contribution in [0.2, 0.25) is 0 Å². The molecule has 0 bridgehead atoms. The number of nitrogens with one attached hydrogen (secondary N) is 1. The number of rotatable bonds is 10. The summed E-state index contributed by atoms with van der Waals surface area (Å²) in [7, 11) is 3.87. The van der Waals surface area contributed by atoms with Gasteiger partial charge in [0.05, 0.1) is 33.2 Å². The highest BCUT2D eigenvalue weighted by atomic mass is 32.2. The van der Waals surface area contributed by atoms with Crippen molar-refractivity contribution in [1.82, 2.24) is 10.2 Å². The Kier molecular flexibility index (Phi) is 9.22. The Labute approximate surface area is 156 Å². The first-order valence-corrected chi connectivity index (χ1v) is 10.2. The van der Waals surface area contributed by atoms with Crippen molar-refractivity contribution in [3.05, 3.63) is 23.8 Å². The van der Waals surface area contributed by atoms with Crippen LogP contribution in [0.4, 0.5) is 0 Å². The maximum Gasteiger partial charge on any atom is 0.193 e. The van der Waals surface area contributed by atoms with Gasteiger partial charge in [0, 0.05) is 45.1 Å². The van der Waals surface area contributed by atoms with Crippen LogP contribution in [0.3, 0.4) is 0 Å². The van der Waals surface area contributed by atoms with E-state index in [4.69, 9.17) is 14.2 Å². The highest BCUT2D eigenvalue weighted by Gasteiger charge is 2.11. The van der Waals surface area contributed by atoms with Crippen molar-refractivity contribution in [1.29, 1.82) is 0 Å². The molecule has 0 unspecified atom stereocenters. The molecule has 8 nitrogen and oxygen atoms in total. The molecule has 0 heterocycles. The van der Waals surface area contributed by atoms with E-state index in [2.05, 4.69) is 10.3 Å². The number of ether oxygens (including phenoxy) is 3.